The Hall–Kier alpha value is -3.21. The van der Waals surface area contributed by atoms with Gasteiger partial charge in [0.25, 0.3) is 0 Å². The van der Waals surface area contributed by atoms with Crippen LogP contribution in [0.3, 0.4) is 0 Å². The first-order chi connectivity index (χ1) is 11.5. The Morgan fingerprint density at radius 2 is 2.00 bits per heavy atom. The van der Waals surface area contributed by atoms with Crippen molar-refractivity contribution in [1.29, 1.82) is 0 Å². The highest BCUT2D eigenvalue weighted by atomic mass is 19.1. The standard InChI is InChI=1S/C19H14FNO3/c1-12-9-19(23)24-17-11-15(6-7-16(12)17)21-18(22)8-5-13-3-2-4-14(20)10-13/h2-11H,1H3,(H,21,22). The summed E-state index contributed by atoms with van der Waals surface area (Å²) in [6.45, 7) is 1.82. The van der Waals surface area contributed by atoms with Gasteiger partial charge in [-0.15, -0.1) is 0 Å². The molecule has 3 aromatic rings. The largest absolute Gasteiger partial charge is 0.423 e. The van der Waals surface area contributed by atoms with Crippen LogP contribution in [0.4, 0.5) is 10.1 Å². The number of halogens is 1. The molecule has 0 fully saturated rings. The minimum Gasteiger partial charge on any atom is -0.423 e. The molecule has 1 amide bonds. The molecule has 2 aromatic carbocycles. The smallest absolute Gasteiger partial charge is 0.336 e. The summed E-state index contributed by atoms with van der Waals surface area (Å²) in [7, 11) is 0. The number of carbonyl (C=O) groups is 1. The number of hydrogen-bond donors (Lipinski definition) is 1. The van der Waals surface area contributed by atoms with Crippen LogP contribution in [0, 0.1) is 12.7 Å². The molecule has 0 unspecified atom stereocenters. The Labute approximate surface area is 137 Å². The van der Waals surface area contributed by atoms with Crippen molar-refractivity contribution in [3.63, 3.8) is 0 Å². The monoisotopic (exact) mass is 323 g/mol. The molecule has 0 saturated carbocycles. The zero-order chi connectivity index (χ0) is 17.1. The molecule has 4 nitrogen and oxygen atoms in total. The van der Waals surface area contributed by atoms with E-state index >= 15 is 0 Å². The Morgan fingerprint density at radius 3 is 2.79 bits per heavy atom. The highest BCUT2D eigenvalue weighted by molar-refractivity contribution is 6.02. The summed E-state index contributed by atoms with van der Waals surface area (Å²) in [5.41, 5.74) is 1.88. The maximum absolute atomic E-state index is 13.1. The molecule has 0 radical (unpaired) electrons. The zero-order valence-electron chi connectivity index (χ0n) is 12.9. The highest BCUT2D eigenvalue weighted by Crippen LogP contribution is 2.20. The zero-order valence-corrected chi connectivity index (χ0v) is 12.9. The number of anilines is 1. The fourth-order valence-corrected chi connectivity index (χ4v) is 2.37. The molecule has 0 saturated heterocycles. The first-order valence-electron chi connectivity index (χ1n) is 7.30. The third kappa shape index (κ3) is 3.57. The Kier molecular flexibility index (Phi) is 4.24. The van der Waals surface area contributed by atoms with Crippen LogP contribution in [-0.4, -0.2) is 5.91 Å². The van der Waals surface area contributed by atoms with Gasteiger partial charge >= 0.3 is 5.63 Å². The lowest BCUT2D eigenvalue weighted by molar-refractivity contribution is -0.111. The van der Waals surface area contributed by atoms with Crippen LogP contribution < -0.4 is 10.9 Å². The molecule has 1 aromatic heterocycles. The molecule has 0 atom stereocenters. The van der Waals surface area contributed by atoms with Crippen LogP contribution in [0.5, 0.6) is 0 Å². The Bertz CT molecular complexity index is 1000. The summed E-state index contributed by atoms with van der Waals surface area (Å²) < 4.78 is 18.2. The quantitative estimate of drug-likeness (QED) is 0.587. The van der Waals surface area contributed by atoms with Gasteiger partial charge in [0.05, 0.1) is 0 Å². The van der Waals surface area contributed by atoms with Gasteiger partial charge in [0.1, 0.15) is 11.4 Å². The van der Waals surface area contributed by atoms with Crippen LogP contribution in [0.1, 0.15) is 11.1 Å². The molecule has 0 aliphatic rings. The normalized spacial score (nSPS) is 11.1. The van der Waals surface area contributed by atoms with Crippen molar-refractivity contribution in [2.45, 2.75) is 6.92 Å². The van der Waals surface area contributed by atoms with Gasteiger partial charge < -0.3 is 9.73 Å². The van der Waals surface area contributed by atoms with Crippen molar-refractivity contribution in [2.24, 2.45) is 0 Å². The number of rotatable bonds is 3. The third-order valence-electron chi connectivity index (χ3n) is 3.49. The second-order valence-electron chi connectivity index (χ2n) is 5.34. The molecule has 1 heterocycles. The van der Waals surface area contributed by atoms with Crippen molar-refractivity contribution in [3.05, 3.63) is 82.0 Å². The molecular weight excluding hydrogens is 309 g/mol. The van der Waals surface area contributed by atoms with Crippen LogP contribution in [0.15, 0.2) is 63.8 Å². The van der Waals surface area contributed by atoms with E-state index in [4.69, 9.17) is 4.42 Å². The molecule has 0 aliphatic carbocycles. The molecule has 1 N–H and O–H groups in total. The summed E-state index contributed by atoms with van der Waals surface area (Å²) in [6, 6.07) is 12.4. The van der Waals surface area contributed by atoms with Crippen LogP contribution >= 0.6 is 0 Å². The lowest BCUT2D eigenvalue weighted by Gasteiger charge is -2.05. The molecule has 3 rings (SSSR count). The second-order valence-corrected chi connectivity index (χ2v) is 5.34. The van der Waals surface area contributed by atoms with Crippen molar-refractivity contribution in [1.82, 2.24) is 0 Å². The minimum absolute atomic E-state index is 0.363. The van der Waals surface area contributed by atoms with Crippen molar-refractivity contribution in [3.8, 4) is 0 Å². The van der Waals surface area contributed by atoms with Gasteiger partial charge in [-0.05, 0) is 48.4 Å². The maximum atomic E-state index is 13.1. The fraction of sp³-hybridized carbons (Fsp3) is 0.0526. The van der Waals surface area contributed by atoms with Gasteiger partial charge in [-0.3, -0.25) is 4.79 Å². The first-order valence-corrected chi connectivity index (χ1v) is 7.30. The number of carbonyl (C=O) groups excluding carboxylic acids is 1. The number of benzene rings is 2. The fourth-order valence-electron chi connectivity index (χ4n) is 2.37. The number of hydrogen-bond acceptors (Lipinski definition) is 3. The molecular formula is C19H14FNO3. The predicted molar refractivity (Wildman–Crippen MR) is 91.3 cm³/mol. The first kappa shape index (κ1) is 15.7. The van der Waals surface area contributed by atoms with Gasteiger partial charge in [-0.1, -0.05) is 12.1 Å². The van der Waals surface area contributed by atoms with E-state index < -0.39 is 5.63 Å². The Balaban J connectivity index is 1.79. The van der Waals surface area contributed by atoms with Crippen molar-refractivity contribution in [2.75, 3.05) is 5.32 Å². The average molecular weight is 323 g/mol. The summed E-state index contributed by atoms with van der Waals surface area (Å²) >= 11 is 0. The summed E-state index contributed by atoms with van der Waals surface area (Å²) in [5.74, 6) is -0.730. The Morgan fingerprint density at radius 1 is 1.17 bits per heavy atom. The summed E-state index contributed by atoms with van der Waals surface area (Å²) in [6.07, 6.45) is 2.83. The maximum Gasteiger partial charge on any atom is 0.336 e. The van der Waals surface area contributed by atoms with Gasteiger partial charge in [0.2, 0.25) is 5.91 Å². The second kappa shape index (κ2) is 6.50. The topological polar surface area (TPSA) is 59.3 Å². The number of aryl methyl sites for hydroxylation is 1. The van der Waals surface area contributed by atoms with E-state index in [9.17, 15) is 14.0 Å². The van der Waals surface area contributed by atoms with Crippen LogP contribution in [0.2, 0.25) is 0 Å². The summed E-state index contributed by atoms with van der Waals surface area (Å²) in [5, 5.41) is 3.48. The van der Waals surface area contributed by atoms with E-state index in [0.717, 1.165) is 10.9 Å². The van der Waals surface area contributed by atoms with Gasteiger partial charge in [0.15, 0.2) is 0 Å². The van der Waals surface area contributed by atoms with Crippen molar-refractivity contribution >= 4 is 28.6 Å². The van der Waals surface area contributed by atoms with E-state index in [0.29, 0.717) is 16.8 Å². The van der Waals surface area contributed by atoms with Crippen molar-refractivity contribution < 1.29 is 13.6 Å². The lowest BCUT2D eigenvalue weighted by atomic mass is 10.1. The minimum atomic E-state index is -0.436. The van der Waals surface area contributed by atoms with Crippen LogP contribution in [-0.2, 0) is 4.79 Å². The third-order valence-corrected chi connectivity index (χ3v) is 3.49. The molecule has 0 spiro atoms. The summed E-state index contributed by atoms with van der Waals surface area (Å²) in [4.78, 5) is 23.4. The van der Waals surface area contributed by atoms with E-state index in [1.807, 2.05) is 6.92 Å². The van der Waals surface area contributed by atoms with Gasteiger partial charge in [-0.2, -0.15) is 0 Å². The number of amides is 1. The average Bonchev–Trinajstić information content (AvgIpc) is 2.52. The SMILES string of the molecule is Cc1cc(=O)oc2cc(NC(=O)C=Cc3cccc(F)c3)ccc12. The van der Waals surface area contributed by atoms with Gasteiger partial charge in [-0.25, -0.2) is 9.18 Å². The molecule has 5 heteroatoms. The van der Waals surface area contributed by atoms with E-state index in [1.54, 1.807) is 30.3 Å². The molecule has 24 heavy (non-hydrogen) atoms. The van der Waals surface area contributed by atoms with E-state index in [1.165, 1.54) is 30.4 Å². The van der Waals surface area contributed by atoms with E-state index in [2.05, 4.69) is 5.32 Å². The molecule has 120 valence electrons. The predicted octanol–water partition coefficient (Wildman–Crippen LogP) is 3.89. The lowest BCUT2D eigenvalue weighted by Crippen LogP contribution is -2.08. The number of fused-ring (bicyclic) bond motifs is 1. The van der Waals surface area contributed by atoms with Gasteiger partial charge in [0, 0.05) is 29.3 Å². The van der Waals surface area contributed by atoms with E-state index in [-0.39, 0.29) is 11.7 Å². The highest BCUT2D eigenvalue weighted by Gasteiger charge is 2.05. The molecule has 0 bridgehead atoms. The number of nitrogens with one attached hydrogen (secondary N) is 1. The van der Waals surface area contributed by atoms with Crippen LogP contribution in [0.25, 0.3) is 17.0 Å². The molecule has 0 aliphatic heterocycles.